The largest absolute Gasteiger partial charge is 0.366 e. The third-order valence-corrected chi connectivity index (χ3v) is 4.30. The van der Waals surface area contributed by atoms with Crippen molar-refractivity contribution < 1.29 is 0 Å². The van der Waals surface area contributed by atoms with Gasteiger partial charge < -0.3 is 5.32 Å². The third-order valence-electron chi connectivity index (χ3n) is 4.30. The monoisotopic (exact) mass is 255 g/mol. The van der Waals surface area contributed by atoms with E-state index in [4.69, 9.17) is 0 Å². The highest BCUT2D eigenvalue weighted by Gasteiger charge is 2.24. The Hall–Kier alpha value is -1.64. The van der Waals surface area contributed by atoms with Crippen LogP contribution < -0.4 is 5.32 Å². The topological polar surface area (TPSA) is 37.8 Å². The maximum Gasteiger partial charge on any atom is 0.137 e. The smallest absolute Gasteiger partial charge is 0.137 e. The van der Waals surface area contributed by atoms with E-state index in [1.165, 1.54) is 32.1 Å². The van der Waals surface area contributed by atoms with Crippen LogP contribution in [0.2, 0.25) is 0 Å². The Morgan fingerprint density at radius 3 is 2.89 bits per heavy atom. The zero-order valence-corrected chi connectivity index (χ0v) is 11.5. The van der Waals surface area contributed by atoms with Crippen molar-refractivity contribution in [2.45, 2.75) is 45.1 Å². The molecule has 2 aromatic rings. The van der Waals surface area contributed by atoms with E-state index in [1.54, 1.807) is 6.33 Å². The van der Waals surface area contributed by atoms with E-state index < -0.39 is 0 Å². The van der Waals surface area contributed by atoms with Crippen molar-refractivity contribution in [1.29, 1.82) is 0 Å². The Balaban J connectivity index is 1.88. The van der Waals surface area contributed by atoms with E-state index in [1.807, 2.05) is 12.1 Å². The number of rotatable bonds is 3. The van der Waals surface area contributed by atoms with Crippen molar-refractivity contribution in [3.63, 3.8) is 0 Å². The van der Waals surface area contributed by atoms with Gasteiger partial charge in [0.1, 0.15) is 12.1 Å². The van der Waals surface area contributed by atoms with Gasteiger partial charge in [-0.15, -0.1) is 0 Å². The lowest BCUT2D eigenvalue weighted by molar-refractivity contribution is 0.317. The molecular weight excluding hydrogens is 234 g/mol. The van der Waals surface area contributed by atoms with Gasteiger partial charge in [-0.25, -0.2) is 9.97 Å². The Labute approximate surface area is 114 Å². The van der Waals surface area contributed by atoms with Crippen molar-refractivity contribution in [3.05, 3.63) is 30.6 Å². The zero-order chi connectivity index (χ0) is 13.1. The van der Waals surface area contributed by atoms with Crippen LogP contribution in [0.15, 0.2) is 30.6 Å². The molecule has 0 bridgehead atoms. The fourth-order valence-electron chi connectivity index (χ4n) is 3.18. The summed E-state index contributed by atoms with van der Waals surface area (Å²) in [6, 6.07) is 8.78. The molecule has 3 rings (SSSR count). The molecule has 3 nitrogen and oxygen atoms in total. The van der Waals surface area contributed by atoms with Crippen LogP contribution in [-0.2, 0) is 0 Å². The van der Waals surface area contributed by atoms with E-state index in [2.05, 4.69) is 34.3 Å². The molecule has 0 amide bonds. The normalized spacial score (nSPS) is 23.4. The summed E-state index contributed by atoms with van der Waals surface area (Å²) in [6.45, 7) is 2.29. The van der Waals surface area contributed by atoms with E-state index in [0.29, 0.717) is 6.04 Å². The average Bonchev–Trinajstić information content (AvgIpc) is 2.48. The summed E-state index contributed by atoms with van der Waals surface area (Å²) in [4.78, 5) is 8.77. The first-order valence-corrected chi connectivity index (χ1v) is 7.34. The molecule has 3 heteroatoms. The first-order chi connectivity index (χ1) is 9.38. The Morgan fingerprint density at radius 2 is 2.00 bits per heavy atom. The molecule has 1 aromatic heterocycles. The van der Waals surface area contributed by atoms with Crippen molar-refractivity contribution in [2.75, 3.05) is 5.32 Å². The highest BCUT2D eigenvalue weighted by molar-refractivity contribution is 5.88. The number of nitrogens with zero attached hydrogens (tertiary/aromatic N) is 2. The molecule has 1 aliphatic carbocycles. The highest BCUT2D eigenvalue weighted by Crippen LogP contribution is 2.30. The molecule has 0 radical (unpaired) electrons. The van der Waals surface area contributed by atoms with Gasteiger partial charge in [-0.1, -0.05) is 38.3 Å². The Kier molecular flexibility index (Phi) is 3.62. The number of nitrogens with one attached hydrogen (secondary N) is 1. The van der Waals surface area contributed by atoms with E-state index >= 15 is 0 Å². The molecule has 1 aliphatic rings. The van der Waals surface area contributed by atoms with Crippen LogP contribution in [0.3, 0.4) is 0 Å². The second-order valence-corrected chi connectivity index (χ2v) is 5.44. The van der Waals surface area contributed by atoms with Crippen molar-refractivity contribution in [3.8, 4) is 0 Å². The molecule has 2 atom stereocenters. The summed E-state index contributed by atoms with van der Waals surface area (Å²) in [6.07, 6.45) is 8.22. The SMILES string of the molecule is CCC1CCCCC1Nc1ncnc2ccccc12. The second kappa shape index (κ2) is 5.55. The van der Waals surface area contributed by atoms with Gasteiger partial charge in [0, 0.05) is 11.4 Å². The quantitative estimate of drug-likeness (QED) is 0.900. The van der Waals surface area contributed by atoms with Crippen LogP contribution >= 0.6 is 0 Å². The first kappa shape index (κ1) is 12.4. The summed E-state index contributed by atoms with van der Waals surface area (Å²) in [5, 5.41) is 4.80. The fraction of sp³-hybridized carbons (Fsp3) is 0.500. The Bertz CT molecular complexity index is 547. The molecule has 0 aliphatic heterocycles. The van der Waals surface area contributed by atoms with Crippen LogP contribution in [0.4, 0.5) is 5.82 Å². The lowest BCUT2D eigenvalue weighted by Crippen LogP contribution is -2.32. The van der Waals surface area contributed by atoms with E-state index in [0.717, 1.165) is 22.6 Å². The maximum atomic E-state index is 4.45. The molecular formula is C16H21N3. The number of para-hydroxylation sites is 1. The number of benzene rings is 1. The molecule has 1 aromatic carbocycles. The summed E-state index contributed by atoms with van der Waals surface area (Å²) >= 11 is 0. The lowest BCUT2D eigenvalue weighted by atomic mass is 9.83. The maximum absolute atomic E-state index is 4.45. The summed E-state index contributed by atoms with van der Waals surface area (Å²) < 4.78 is 0. The predicted molar refractivity (Wildman–Crippen MR) is 79.2 cm³/mol. The van der Waals surface area contributed by atoms with Gasteiger partial charge in [0.15, 0.2) is 0 Å². The molecule has 2 unspecified atom stereocenters. The molecule has 1 N–H and O–H groups in total. The Morgan fingerprint density at radius 1 is 1.16 bits per heavy atom. The highest BCUT2D eigenvalue weighted by atomic mass is 15.0. The zero-order valence-electron chi connectivity index (χ0n) is 11.5. The van der Waals surface area contributed by atoms with E-state index in [-0.39, 0.29) is 0 Å². The molecule has 1 heterocycles. The molecule has 1 saturated carbocycles. The second-order valence-electron chi connectivity index (χ2n) is 5.44. The van der Waals surface area contributed by atoms with Gasteiger partial charge in [-0.2, -0.15) is 0 Å². The minimum atomic E-state index is 0.567. The summed E-state index contributed by atoms with van der Waals surface area (Å²) in [5.74, 6) is 1.78. The molecule has 1 fully saturated rings. The molecule has 0 saturated heterocycles. The first-order valence-electron chi connectivity index (χ1n) is 7.34. The number of fused-ring (bicyclic) bond motifs is 1. The van der Waals surface area contributed by atoms with E-state index in [9.17, 15) is 0 Å². The van der Waals surface area contributed by atoms with Crippen LogP contribution in [-0.4, -0.2) is 16.0 Å². The summed E-state index contributed by atoms with van der Waals surface area (Å²) in [5.41, 5.74) is 1.02. The number of hydrogen-bond donors (Lipinski definition) is 1. The van der Waals surface area contributed by atoms with Crippen LogP contribution in [0, 0.1) is 5.92 Å². The third kappa shape index (κ3) is 2.55. The summed E-state index contributed by atoms with van der Waals surface area (Å²) in [7, 11) is 0. The number of aromatic nitrogens is 2. The molecule has 19 heavy (non-hydrogen) atoms. The predicted octanol–water partition coefficient (Wildman–Crippen LogP) is 4.01. The van der Waals surface area contributed by atoms with Crippen LogP contribution in [0.1, 0.15) is 39.0 Å². The number of hydrogen-bond acceptors (Lipinski definition) is 3. The molecule has 100 valence electrons. The minimum Gasteiger partial charge on any atom is -0.366 e. The average molecular weight is 255 g/mol. The van der Waals surface area contributed by atoms with Gasteiger partial charge in [0.05, 0.1) is 5.52 Å². The van der Waals surface area contributed by atoms with Crippen molar-refractivity contribution in [2.24, 2.45) is 5.92 Å². The van der Waals surface area contributed by atoms with Gasteiger partial charge >= 0.3 is 0 Å². The lowest BCUT2D eigenvalue weighted by Gasteiger charge is -2.32. The van der Waals surface area contributed by atoms with Gasteiger partial charge in [-0.3, -0.25) is 0 Å². The van der Waals surface area contributed by atoms with Gasteiger partial charge in [0.2, 0.25) is 0 Å². The standard InChI is InChI=1S/C16H21N3/c1-2-12-7-3-5-9-14(12)19-16-13-8-4-6-10-15(13)17-11-18-16/h4,6,8,10-12,14H,2-3,5,7,9H2,1H3,(H,17,18,19). The minimum absolute atomic E-state index is 0.567. The van der Waals surface area contributed by atoms with Crippen LogP contribution in [0.5, 0.6) is 0 Å². The van der Waals surface area contributed by atoms with Crippen LogP contribution in [0.25, 0.3) is 10.9 Å². The number of anilines is 1. The van der Waals surface area contributed by atoms with Gasteiger partial charge in [-0.05, 0) is 30.9 Å². The molecule has 0 spiro atoms. The fourth-order valence-corrected chi connectivity index (χ4v) is 3.18. The van der Waals surface area contributed by atoms with Crippen molar-refractivity contribution >= 4 is 16.7 Å². The van der Waals surface area contributed by atoms with Gasteiger partial charge in [0.25, 0.3) is 0 Å². The van der Waals surface area contributed by atoms with Crippen molar-refractivity contribution in [1.82, 2.24) is 9.97 Å².